The van der Waals surface area contributed by atoms with E-state index in [9.17, 15) is 19.2 Å². The maximum atomic E-state index is 15.6. The molecule has 0 spiro atoms. The first-order valence-corrected chi connectivity index (χ1v) is 37.2. The van der Waals surface area contributed by atoms with Gasteiger partial charge in [0.25, 0.3) is 5.91 Å². The van der Waals surface area contributed by atoms with Gasteiger partial charge in [0.1, 0.15) is 42.5 Å². The van der Waals surface area contributed by atoms with Gasteiger partial charge in [0.2, 0.25) is 11.8 Å². The van der Waals surface area contributed by atoms with Crippen LogP contribution in [-0.2, 0) is 64.5 Å². The molecule has 1 saturated heterocycles. The van der Waals surface area contributed by atoms with Crippen LogP contribution in [0.4, 0.5) is 4.79 Å². The van der Waals surface area contributed by atoms with Crippen molar-refractivity contribution in [3.05, 3.63) is 71.8 Å². The molecular formula is C60H102N4O12Si3. The van der Waals surface area contributed by atoms with Crippen LogP contribution in [0.3, 0.4) is 0 Å². The molecule has 0 bridgehead atoms. The van der Waals surface area contributed by atoms with Crippen molar-refractivity contribution in [1.29, 1.82) is 0 Å². The van der Waals surface area contributed by atoms with Crippen LogP contribution in [0, 0.1) is 5.92 Å². The molecule has 8 atom stereocenters. The summed E-state index contributed by atoms with van der Waals surface area (Å²) >= 11 is 0. The van der Waals surface area contributed by atoms with E-state index in [4.69, 9.17) is 27.5 Å². The van der Waals surface area contributed by atoms with Gasteiger partial charge in [-0.3, -0.25) is 19.3 Å². The minimum atomic E-state index is -2.81. The molecule has 1 fully saturated rings. The number of ether oxygens (including phenoxy) is 3. The van der Waals surface area contributed by atoms with E-state index in [0.717, 1.165) is 11.1 Å². The summed E-state index contributed by atoms with van der Waals surface area (Å²) in [6, 6.07) is 16.8. The first kappa shape index (κ1) is 68.9. The highest BCUT2D eigenvalue weighted by molar-refractivity contribution is 6.74. The Morgan fingerprint density at radius 2 is 1.25 bits per heavy atom. The zero-order valence-electron chi connectivity index (χ0n) is 51.7. The summed E-state index contributed by atoms with van der Waals surface area (Å²) < 4.78 is 39.1. The molecule has 2 aromatic carbocycles. The standard InChI is InChI=1S/C60H102N4O12Si3/c1-20-79(21-2,22-3)76-52(54(67)63-50(56(69)74-58(7,8)9)41-72-77(16,17)59(10,11)12)49(62-53(66)51-42(4)36-37-64(51)57(70)71-40-46-32-27-24-28-33-46)39-47(73-55(68)43(5)61-44(6)65)34-29-35-48(38-45-30-25-23-26-31-45)75-78(18,19)60(13,14)15/h23-28,30-33,42-43,47-52H,20-22,29,34-41H2,1-19H3,(H,61,65)(H,62,66)(H,63,67)/t42-,43?,47-,48+,49+,50+,51-,52-/m0/s1. The van der Waals surface area contributed by atoms with Crippen molar-refractivity contribution >= 4 is 60.7 Å². The fourth-order valence-corrected chi connectivity index (χ4v) is 14.4. The number of benzene rings is 2. The average molecular weight is 1160 g/mol. The number of nitrogens with one attached hydrogen (secondary N) is 3. The van der Waals surface area contributed by atoms with Crippen LogP contribution < -0.4 is 16.0 Å². The van der Waals surface area contributed by atoms with E-state index < -0.39 is 103 Å². The van der Waals surface area contributed by atoms with E-state index in [0.29, 0.717) is 43.8 Å². The summed E-state index contributed by atoms with van der Waals surface area (Å²) in [4.78, 5) is 87.0. The molecule has 0 aromatic heterocycles. The fourth-order valence-electron chi connectivity index (χ4n) is 9.16. The van der Waals surface area contributed by atoms with Gasteiger partial charge < -0.3 is 43.4 Å². The maximum Gasteiger partial charge on any atom is 0.410 e. The molecule has 1 unspecified atom stereocenters. The molecule has 3 N–H and O–H groups in total. The van der Waals surface area contributed by atoms with Gasteiger partial charge in [-0.2, -0.15) is 0 Å². The Labute approximate surface area is 478 Å². The van der Waals surface area contributed by atoms with Crippen molar-refractivity contribution in [3.8, 4) is 0 Å². The highest BCUT2D eigenvalue weighted by atomic mass is 28.4. The first-order valence-electron chi connectivity index (χ1n) is 28.9. The van der Waals surface area contributed by atoms with Crippen molar-refractivity contribution in [3.63, 3.8) is 0 Å². The predicted molar refractivity (Wildman–Crippen MR) is 320 cm³/mol. The number of carbonyl (C=O) groups excluding carboxylic acids is 6. The highest BCUT2D eigenvalue weighted by Crippen LogP contribution is 2.39. The number of carbonyl (C=O) groups is 6. The number of likely N-dealkylation sites (tertiary alicyclic amines) is 1. The molecule has 19 heteroatoms. The molecule has 1 aliphatic rings. The van der Waals surface area contributed by atoms with E-state index in [1.165, 1.54) is 11.8 Å². The summed E-state index contributed by atoms with van der Waals surface area (Å²) in [5.74, 6) is -3.36. The molecule has 0 saturated carbocycles. The quantitative estimate of drug-likeness (QED) is 0.0396. The lowest BCUT2D eigenvalue weighted by atomic mass is 9.95. The molecule has 2 aromatic rings. The molecule has 4 amide bonds. The Hall–Kier alpha value is -4.41. The number of nitrogens with zero attached hydrogens (tertiary/aromatic N) is 1. The minimum absolute atomic E-state index is 0.00438. The smallest absolute Gasteiger partial charge is 0.410 e. The Balaban J connectivity index is 2.28. The number of hydrogen-bond acceptors (Lipinski definition) is 12. The zero-order chi connectivity index (χ0) is 59.7. The molecule has 79 heavy (non-hydrogen) atoms. The Bertz CT molecular complexity index is 2260. The zero-order valence-corrected chi connectivity index (χ0v) is 54.7. The van der Waals surface area contributed by atoms with Crippen molar-refractivity contribution in [2.45, 2.75) is 251 Å². The highest BCUT2D eigenvalue weighted by Gasteiger charge is 2.47. The Morgan fingerprint density at radius 3 is 1.77 bits per heavy atom. The second-order valence-corrected chi connectivity index (χ2v) is 40.1. The predicted octanol–water partition coefficient (Wildman–Crippen LogP) is 11.4. The first-order chi connectivity index (χ1) is 36.6. The van der Waals surface area contributed by atoms with Crippen LogP contribution in [-0.4, -0.2) is 127 Å². The van der Waals surface area contributed by atoms with Crippen molar-refractivity contribution in [1.82, 2.24) is 20.9 Å². The number of rotatable bonds is 29. The lowest BCUT2D eigenvalue weighted by molar-refractivity contribution is -0.160. The van der Waals surface area contributed by atoms with E-state index in [-0.39, 0.29) is 54.7 Å². The van der Waals surface area contributed by atoms with Crippen molar-refractivity contribution in [2.75, 3.05) is 13.2 Å². The van der Waals surface area contributed by atoms with E-state index >= 15 is 9.59 Å². The molecule has 1 heterocycles. The van der Waals surface area contributed by atoms with Gasteiger partial charge in [-0.1, -0.05) is 130 Å². The average Bonchev–Trinajstić information content (AvgIpc) is 3.75. The van der Waals surface area contributed by atoms with Gasteiger partial charge in [0.05, 0.1) is 12.6 Å². The van der Waals surface area contributed by atoms with Crippen LogP contribution in [0.25, 0.3) is 0 Å². The largest absolute Gasteiger partial charge is 0.461 e. The van der Waals surface area contributed by atoms with Crippen molar-refractivity contribution < 1.29 is 56.3 Å². The molecule has 0 aliphatic carbocycles. The number of esters is 2. The molecule has 16 nitrogen and oxygen atoms in total. The van der Waals surface area contributed by atoms with Crippen LogP contribution in [0.15, 0.2) is 60.7 Å². The number of amides is 4. The third kappa shape index (κ3) is 21.8. The minimum Gasteiger partial charge on any atom is -0.461 e. The van der Waals surface area contributed by atoms with Gasteiger partial charge in [0, 0.05) is 26.0 Å². The lowest BCUT2D eigenvalue weighted by Crippen LogP contribution is -2.62. The second-order valence-electron chi connectivity index (χ2n) is 25.8. The maximum absolute atomic E-state index is 15.6. The summed E-state index contributed by atoms with van der Waals surface area (Å²) in [6.07, 6.45) is -0.791. The number of hydrogen-bond donors (Lipinski definition) is 3. The molecule has 0 radical (unpaired) electrons. The summed E-state index contributed by atoms with van der Waals surface area (Å²) in [5, 5.41) is 8.55. The van der Waals surface area contributed by atoms with Gasteiger partial charge >= 0.3 is 18.0 Å². The summed E-state index contributed by atoms with van der Waals surface area (Å²) in [5.41, 5.74) is 1.00. The third-order valence-electron chi connectivity index (χ3n) is 16.3. The fraction of sp³-hybridized carbons (Fsp3) is 0.700. The van der Waals surface area contributed by atoms with Gasteiger partial charge in [0.15, 0.2) is 25.0 Å². The SMILES string of the molecule is CC[Si](CC)(CC)O[C@H](C(=O)N[C@H](CO[Si](C)(C)C(C)(C)C)C(=O)OC(C)(C)C)[C@@H](C[C@H](CCC[C@H](Cc1ccccc1)O[Si](C)(C)C(C)(C)C)OC(=O)C(C)NC(C)=O)NC(=O)[C@@H]1[C@@H](C)CCN1C(=O)OCc1ccccc1. The molecule has 1 aliphatic heterocycles. The molecule has 446 valence electrons. The van der Waals surface area contributed by atoms with Crippen LogP contribution in [0.1, 0.15) is 147 Å². The summed E-state index contributed by atoms with van der Waals surface area (Å²) in [7, 11) is -7.59. The van der Waals surface area contributed by atoms with Crippen LogP contribution in [0.5, 0.6) is 0 Å². The van der Waals surface area contributed by atoms with Crippen LogP contribution >= 0.6 is 0 Å². The molecular weight excluding hydrogens is 1050 g/mol. The second kappa shape index (κ2) is 30.1. The van der Waals surface area contributed by atoms with Crippen molar-refractivity contribution in [2.24, 2.45) is 5.92 Å². The Kier molecular flexibility index (Phi) is 26.2. The van der Waals surface area contributed by atoms with E-state index in [1.54, 1.807) is 27.7 Å². The normalized spacial score (nSPS) is 17.8. The van der Waals surface area contributed by atoms with Crippen LogP contribution in [0.2, 0.25) is 54.4 Å². The monoisotopic (exact) mass is 1150 g/mol. The molecule has 3 rings (SSSR count). The topological polar surface area (TPSA) is 197 Å². The van der Waals surface area contributed by atoms with Gasteiger partial charge in [-0.15, -0.1) is 0 Å². The summed E-state index contributed by atoms with van der Waals surface area (Å²) in [6.45, 7) is 37.6. The lowest BCUT2D eigenvalue weighted by Gasteiger charge is -2.40. The third-order valence-corrected chi connectivity index (χ3v) is 29.9. The van der Waals surface area contributed by atoms with E-state index in [1.807, 2.05) is 76.2 Å². The Morgan fingerprint density at radius 1 is 0.709 bits per heavy atom. The van der Waals surface area contributed by atoms with E-state index in [2.05, 4.69) is 95.8 Å². The van der Waals surface area contributed by atoms with Gasteiger partial charge in [-0.05, 0) is 131 Å². The van der Waals surface area contributed by atoms with Gasteiger partial charge in [-0.25, -0.2) is 14.4 Å².